The molecule has 2 heterocycles. The van der Waals surface area contributed by atoms with Crippen LogP contribution in [0, 0.1) is 33.6 Å². The topological polar surface area (TPSA) is 66.1 Å². The van der Waals surface area contributed by atoms with E-state index >= 15 is 0 Å². The largest absolute Gasteiger partial charge is 0.457 e. The first kappa shape index (κ1) is 21.9. The molecule has 0 saturated carbocycles. The van der Waals surface area contributed by atoms with Crippen molar-refractivity contribution in [2.45, 2.75) is 74.4 Å². The van der Waals surface area contributed by atoms with Gasteiger partial charge in [0, 0.05) is 41.3 Å². The van der Waals surface area contributed by atoms with Crippen molar-refractivity contribution in [1.29, 1.82) is 0 Å². The number of ketones is 1. The number of ether oxygens (including phenoxy) is 1. The van der Waals surface area contributed by atoms with Crippen LogP contribution in [0.5, 0.6) is 0 Å². The Kier molecular flexibility index (Phi) is 7.22. The van der Waals surface area contributed by atoms with E-state index in [9.17, 15) is 9.59 Å². The van der Waals surface area contributed by atoms with Gasteiger partial charge in [-0.15, -0.1) is 0 Å². The first-order chi connectivity index (χ1) is 13.1. The predicted octanol–water partition coefficient (Wildman–Crippen LogP) is 3.95. The third-order valence-electron chi connectivity index (χ3n) is 5.08. The van der Waals surface area contributed by atoms with E-state index in [0.29, 0.717) is 11.5 Å². The lowest BCUT2D eigenvalue weighted by molar-refractivity contribution is -0.141. The maximum absolute atomic E-state index is 12.5. The van der Waals surface area contributed by atoms with Gasteiger partial charge in [-0.3, -0.25) is 14.3 Å². The van der Waals surface area contributed by atoms with Gasteiger partial charge >= 0.3 is 5.97 Å². The molecule has 0 amide bonds. The quantitative estimate of drug-likeness (QED) is 0.483. The number of Topliss-reactive ketones (excluding diaryl/α,β-unsaturated/α-hetero) is 1. The average molecular weight is 388 g/mol. The minimum atomic E-state index is -0.397. The van der Waals surface area contributed by atoms with Crippen LogP contribution in [0.3, 0.4) is 0 Å². The van der Waals surface area contributed by atoms with E-state index in [1.54, 1.807) is 0 Å². The second-order valence-corrected chi connectivity index (χ2v) is 7.92. The van der Waals surface area contributed by atoms with Crippen LogP contribution in [-0.4, -0.2) is 32.7 Å². The molecule has 0 aliphatic rings. The molecule has 6 heteroatoms. The summed E-state index contributed by atoms with van der Waals surface area (Å²) < 4.78 is 9.36. The first-order valence-corrected chi connectivity index (χ1v) is 10.0. The lowest BCUT2D eigenvalue weighted by Gasteiger charge is -2.09. The average Bonchev–Trinajstić information content (AvgIpc) is 3.04. The Morgan fingerprint density at radius 2 is 1.82 bits per heavy atom. The molecule has 0 spiro atoms. The van der Waals surface area contributed by atoms with E-state index in [1.807, 2.05) is 38.4 Å². The molecule has 0 saturated heterocycles. The van der Waals surface area contributed by atoms with Crippen LogP contribution in [0.15, 0.2) is 6.07 Å². The number of aromatic nitrogens is 3. The smallest absolute Gasteiger partial charge is 0.310 e. The van der Waals surface area contributed by atoms with Crippen molar-refractivity contribution in [3.05, 3.63) is 40.0 Å². The molecule has 0 bridgehead atoms. The molecule has 6 nitrogen and oxygen atoms in total. The Bertz CT molecular complexity index is 859. The van der Waals surface area contributed by atoms with Crippen LogP contribution in [0.25, 0.3) is 0 Å². The zero-order valence-electron chi connectivity index (χ0n) is 18.3. The molecule has 2 aromatic heterocycles. The van der Waals surface area contributed by atoms with Crippen molar-refractivity contribution in [2.24, 2.45) is 5.92 Å². The fourth-order valence-electron chi connectivity index (χ4n) is 3.58. The summed E-state index contributed by atoms with van der Waals surface area (Å²) in [5.41, 5.74) is 5.33. The SMILES string of the molecule is CCCn1c(C)cc(C(=O)COC(=O)Cc2c(C)nn(CC(C)C)c2C)c1C. The number of nitrogens with zero attached hydrogens (tertiary/aromatic N) is 3. The molecule has 0 atom stereocenters. The predicted molar refractivity (Wildman–Crippen MR) is 110 cm³/mol. The standard InChI is InChI=1S/C22H33N3O3/c1-8-9-24-15(4)10-20(17(24)6)21(26)13-28-22(27)11-19-16(5)23-25(18(19)7)12-14(2)3/h10,14H,8-9,11-13H2,1-7H3. The van der Waals surface area contributed by atoms with E-state index in [2.05, 4.69) is 30.4 Å². The van der Waals surface area contributed by atoms with Crippen LogP contribution >= 0.6 is 0 Å². The van der Waals surface area contributed by atoms with Crippen LogP contribution < -0.4 is 0 Å². The molecule has 2 rings (SSSR count). The molecular formula is C22H33N3O3. The Labute approximate surface area is 167 Å². The maximum Gasteiger partial charge on any atom is 0.310 e. The van der Waals surface area contributed by atoms with E-state index in [-0.39, 0.29) is 18.8 Å². The molecule has 0 N–H and O–H groups in total. The van der Waals surface area contributed by atoms with Gasteiger partial charge in [-0.05, 0) is 46.1 Å². The Balaban J connectivity index is 2.01. The van der Waals surface area contributed by atoms with Crippen LogP contribution in [-0.2, 0) is 29.0 Å². The van der Waals surface area contributed by atoms with Crippen molar-refractivity contribution >= 4 is 11.8 Å². The van der Waals surface area contributed by atoms with Gasteiger partial charge < -0.3 is 9.30 Å². The fraction of sp³-hybridized carbons (Fsp3) is 0.591. The van der Waals surface area contributed by atoms with Crippen LogP contribution in [0.1, 0.15) is 65.9 Å². The highest BCUT2D eigenvalue weighted by Crippen LogP contribution is 2.18. The molecule has 28 heavy (non-hydrogen) atoms. The zero-order chi connectivity index (χ0) is 21.0. The van der Waals surface area contributed by atoms with Gasteiger partial charge in [0.25, 0.3) is 0 Å². The number of carbonyl (C=O) groups is 2. The molecule has 154 valence electrons. The van der Waals surface area contributed by atoms with Crippen molar-refractivity contribution in [3.63, 3.8) is 0 Å². The van der Waals surface area contributed by atoms with Gasteiger partial charge in [-0.1, -0.05) is 20.8 Å². The molecule has 0 fully saturated rings. The number of aryl methyl sites for hydroxylation is 2. The third-order valence-corrected chi connectivity index (χ3v) is 5.08. The third kappa shape index (κ3) is 4.91. The molecule has 2 aromatic rings. The van der Waals surface area contributed by atoms with Gasteiger partial charge in [0.2, 0.25) is 5.78 Å². The molecular weight excluding hydrogens is 354 g/mol. The zero-order valence-corrected chi connectivity index (χ0v) is 18.3. The summed E-state index contributed by atoms with van der Waals surface area (Å²) in [6.07, 6.45) is 1.14. The lowest BCUT2D eigenvalue weighted by Crippen LogP contribution is -2.17. The summed E-state index contributed by atoms with van der Waals surface area (Å²) >= 11 is 0. The summed E-state index contributed by atoms with van der Waals surface area (Å²) in [5, 5.41) is 4.53. The molecule has 0 aromatic carbocycles. The highest BCUT2D eigenvalue weighted by atomic mass is 16.5. The first-order valence-electron chi connectivity index (χ1n) is 10.0. The minimum absolute atomic E-state index is 0.137. The van der Waals surface area contributed by atoms with E-state index < -0.39 is 5.97 Å². The summed E-state index contributed by atoms with van der Waals surface area (Å²) in [6, 6.07) is 1.88. The summed E-state index contributed by atoms with van der Waals surface area (Å²) in [6.45, 7) is 15.6. The summed E-state index contributed by atoms with van der Waals surface area (Å²) in [7, 11) is 0. The minimum Gasteiger partial charge on any atom is -0.457 e. The molecule has 0 radical (unpaired) electrons. The van der Waals surface area contributed by atoms with Crippen molar-refractivity contribution in [1.82, 2.24) is 14.3 Å². The Morgan fingerprint density at radius 1 is 1.14 bits per heavy atom. The van der Waals surface area contributed by atoms with Crippen molar-refractivity contribution in [3.8, 4) is 0 Å². The van der Waals surface area contributed by atoms with Gasteiger partial charge in [0.05, 0.1) is 12.1 Å². The highest BCUT2D eigenvalue weighted by molar-refractivity contribution is 5.99. The van der Waals surface area contributed by atoms with Gasteiger partial charge in [-0.25, -0.2) is 0 Å². The Morgan fingerprint density at radius 3 is 2.43 bits per heavy atom. The summed E-state index contributed by atoms with van der Waals surface area (Å²) in [5.74, 6) is -0.0825. The van der Waals surface area contributed by atoms with E-state index in [4.69, 9.17) is 4.74 Å². The maximum atomic E-state index is 12.5. The van der Waals surface area contributed by atoms with Crippen LogP contribution in [0.2, 0.25) is 0 Å². The monoisotopic (exact) mass is 387 g/mol. The number of hydrogen-bond acceptors (Lipinski definition) is 4. The van der Waals surface area contributed by atoms with Gasteiger partial charge in [-0.2, -0.15) is 5.10 Å². The number of esters is 1. The fourth-order valence-corrected chi connectivity index (χ4v) is 3.58. The normalized spacial score (nSPS) is 11.3. The van der Waals surface area contributed by atoms with Crippen molar-refractivity contribution in [2.75, 3.05) is 6.61 Å². The summed E-state index contributed by atoms with van der Waals surface area (Å²) in [4.78, 5) is 24.9. The molecule has 0 aliphatic carbocycles. The van der Waals surface area contributed by atoms with Gasteiger partial charge in [0.15, 0.2) is 6.61 Å². The second-order valence-electron chi connectivity index (χ2n) is 7.92. The number of carbonyl (C=O) groups excluding carboxylic acids is 2. The number of hydrogen-bond donors (Lipinski definition) is 0. The highest BCUT2D eigenvalue weighted by Gasteiger charge is 2.19. The van der Waals surface area contributed by atoms with Crippen molar-refractivity contribution < 1.29 is 14.3 Å². The van der Waals surface area contributed by atoms with E-state index in [1.165, 1.54) is 0 Å². The lowest BCUT2D eigenvalue weighted by atomic mass is 10.1. The van der Waals surface area contributed by atoms with Gasteiger partial charge in [0.1, 0.15) is 0 Å². The molecule has 0 unspecified atom stereocenters. The molecule has 0 aliphatic heterocycles. The van der Waals surface area contributed by atoms with Crippen LogP contribution in [0.4, 0.5) is 0 Å². The van der Waals surface area contributed by atoms with E-state index in [0.717, 1.165) is 47.8 Å². The Hall–Kier alpha value is -2.37. The second kappa shape index (κ2) is 9.22. The number of rotatable bonds is 9.